The molecular formula is C14H25N. The van der Waals surface area contributed by atoms with E-state index in [1.54, 1.807) is 0 Å². The van der Waals surface area contributed by atoms with Crippen LogP contribution in [0.4, 0.5) is 0 Å². The Bertz CT molecular complexity index is 248. The molecule has 0 radical (unpaired) electrons. The lowest BCUT2D eigenvalue weighted by Crippen LogP contribution is -2.42. The summed E-state index contributed by atoms with van der Waals surface area (Å²) in [7, 11) is 2.00. The van der Waals surface area contributed by atoms with Crippen molar-refractivity contribution in [3.63, 3.8) is 0 Å². The van der Waals surface area contributed by atoms with Gasteiger partial charge in [0.15, 0.2) is 0 Å². The van der Waals surface area contributed by atoms with Gasteiger partial charge in [0, 0.05) is 5.54 Å². The van der Waals surface area contributed by atoms with Gasteiger partial charge in [0.1, 0.15) is 0 Å². The van der Waals surface area contributed by atoms with Crippen LogP contribution in [0.2, 0.25) is 0 Å². The van der Waals surface area contributed by atoms with E-state index in [4.69, 9.17) is 0 Å². The Morgan fingerprint density at radius 2 is 2.00 bits per heavy atom. The maximum Gasteiger partial charge on any atom is 0.0400 e. The molecule has 1 atom stereocenters. The Balaban J connectivity index is 4.57. The van der Waals surface area contributed by atoms with Crippen molar-refractivity contribution in [2.24, 2.45) is 5.92 Å². The van der Waals surface area contributed by atoms with Crippen molar-refractivity contribution >= 4 is 0 Å². The van der Waals surface area contributed by atoms with Crippen molar-refractivity contribution in [2.75, 3.05) is 7.05 Å². The van der Waals surface area contributed by atoms with Crippen LogP contribution < -0.4 is 5.32 Å². The van der Waals surface area contributed by atoms with E-state index in [2.05, 4.69) is 38.7 Å². The van der Waals surface area contributed by atoms with Crippen LogP contribution in [-0.2, 0) is 0 Å². The second-order valence-electron chi connectivity index (χ2n) is 4.59. The van der Waals surface area contributed by atoms with E-state index in [1.807, 2.05) is 32.2 Å². The SMILES string of the molecule is C=C(/C=C\C=C/C)C(C)(CC(C)C)NC. The van der Waals surface area contributed by atoms with Crippen molar-refractivity contribution in [3.05, 3.63) is 36.5 Å². The van der Waals surface area contributed by atoms with Gasteiger partial charge in [-0.25, -0.2) is 0 Å². The van der Waals surface area contributed by atoms with Gasteiger partial charge in [-0.2, -0.15) is 0 Å². The largest absolute Gasteiger partial charge is 0.311 e. The third-order valence-electron chi connectivity index (χ3n) is 2.68. The zero-order valence-corrected chi connectivity index (χ0v) is 10.8. The first-order chi connectivity index (χ1) is 6.96. The molecule has 0 saturated carbocycles. The number of allylic oxidation sites excluding steroid dienone is 3. The quantitative estimate of drug-likeness (QED) is 0.655. The van der Waals surface area contributed by atoms with Gasteiger partial charge in [0.2, 0.25) is 0 Å². The predicted molar refractivity (Wildman–Crippen MR) is 70.0 cm³/mol. The molecule has 0 aromatic carbocycles. The molecule has 0 aromatic rings. The maximum atomic E-state index is 4.14. The fourth-order valence-corrected chi connectivity index (χ4v) is 1.68. The van der Waals surface area contributed by atoms with Gasteiger partial charge in [-0.05, 0) is 38.8 Å². The molecular weight excluding hydrogens is 182 g/mol. The molecule has 15 heavy (non-hydrogen) atoms. The molecule has 0 spiro atoms. The molecule has 0 bridgehead atoms. The Hall–Kier alpha value is -0.820. The summed E-state index contributed by atoms with van der Waals surface area (Å²) in [6, 6.07) is 0. The standard InChI is InChI=1S/C14H25N/c1-7-8-9-10-13(4)14(5,15-6)11-12(2)3/h7-10,12,15H,4,11H2,1-3,5-6H3/b8-7-,10-9-. The first-order valence-corrected chi connectivity index (χ1v) is 5.64. The second-order valence-corrected chi connectivity index (χ2v) is 4.59. The molecule has 1 N–H and O–H groups in total. The minimum Gasteiger partial charge on any atom is -0.311 e. The summed E-state index contributed by atoms with van der Waals surface area (Å²) in [5.74, 6) is 0.661. The van der Waals surface area contributed by atoms with Crippen LogP contribution in [0, 0.1) is 5.92 Å². The second kappa shape index (κ2) is 6.62. The summed E-state index contributed by atoms with van der Waals surface area (Å²) >= 11 is 0. The van der Waals surface area contributed by atoms with Crippen LogP contribution in [0.1, 0.15) is 34.1 Å². The Morgan fingerprint density at radius 1 is 1.40 bits per heavy atom. The van der Waals surface area contributed by atoms with Gasteiger partial charge in [0.25, 0.3) is 0 Å². The number of rotatable bonds is 6. The molecule has 1 unspecified atom stereocenters. The highest BCUT2D eigenvalue weighted by Crippen LogP contribution is 2.24. The van der Waals surface area contributed by atoms with Crippen LogP contribution in [0.15, 0.2) is 36.5 Å². The van der Waals surface area contributed by atoms with Crippen molar-refractivity contribution in [3.8, 4) is 0 Å². The van der Waals surface area contributed by atoms with Crippen LogP contribution in [-0.4, -0.2) is 12.6 Å². The molecule has 0 aromatic heterocycles. The maximum absolute atomic E-state index is 4.14. The molecule has 1 nitrogen and oxygen atoms in total. The summed E-state index contributed by atoms with van der Waals surface area (Å²) in [4.78, 5) is 0. The van der Waals surface area contributed by atoms with Crippen LogP contribution in [0.3, 0.4) is 0 Å². The lowest BCUT2D eigenvalue weighted by atomic mass is 9.84. The van der Waals surface area contributed by atoms with E-state index in [0.717, 1.165) is 12.0 Å². The van der Waals surface area contributed by atoms with Crippen LogP contribution in [0.25, 0.3) is 0 Å². The minimum absolute atomic E-state index is 0.00620. The summed E-state index contributed by atoms with van der Waals surface area (Å²) in [5, 5.41) is 3.36. The monoisotopic (exact) mass is 207 g/mol. The molecule has 0 amide bonds. The van der Waals surface area contributed by atoms with E-state index in [1.165, 1.54) is 0 Å². The molecule has 0 aliphatic rings. The lowest BCUT2D eigenvalue weighted by Gasteiger charge is -2.32. The molecule has 0 heterocycles. The number of hydrogen-bond acceptors (Lipinski definition) is 1. The molecule has 86 valence electrons. The summed E-state index contributed by atoms with van der Waals surface area (Å²) < 4.78 is 0. The number of hydrogen-bond donors (Lipinski definition) is 1. The highest BCUT2D eigenvalue weighted by atomic mass is 14.9. The third-order valence-corrected chi connectivity index (χ3v) is 2.68. The zero-order chi connectivity index (χ0) is 11.9. The van der Waals surface area contributed by atoms with E-state index in [-0.39, 0.29) is 5.54 Å². The Kier molecular flexibility index (Phi) is 6.26. The minimum atomic E-state index is 0.00620. The van der Waals surface area contributed by atoms with Crippen molar-refractivity contribution in [2.45, 2.75) is 39.7 Å². The normalized spacial score (nSPS) is 16.4. The summed E-state index contributed by atoms with van der Waals surface area (Å²) in [5.41, 5.74) is 1.14. The van der Waals surface area contributed by atoms with Gasteiger partial charge < -0.3 is 5.32 Å². The fourth-order valence-electron chi connectivity index (χ4n) is 1.68. The Labute approximate surface area is 95.0 Å². The molecule has 0 rings (SSSR count). The van der Waals surface area contributed by atoms with Crippen molar-refractivity contribution in [1.82, 2.24) is 5.32 Å². The number of likely N-dealkylation sites (N-methyl/N-ethyl adjacent to an activating group) is 1. The average Bonchev–Trinajstić information content (AvgIpc) is 2.16. The van der Waals surface area contributed by atoms with E-state index in [9.17, 15) is 0 Å². The van der Waals surface area contributed by atoms with Crippen LogP contribution in [0.5, 0.6) is 0 Å². The zero-order valence-electron chi connectivity index (χ0n) is 10.8. The highest BCUT2D eigenvalue weighted by Gasteiger charge is 2.24. The average molecular weight is 207 g/mol. The molecule has 0 saturated heterocycles. The topological polar surface area (TPSA) is 12.0 Å². The van der Waals surface area contributed by atoms with Gasteiger partial charge in [0.05, 0.1) is 0 Å². The summed E-state index contributed by atoms with van der Waals surface area (Å²) in [6.45, 7) is 12.8. The van der Waals surface area contributed by atoms with Crippen LogP contribution >= 0.6 is 0 Å². The molecule has 0 aliphatic heterocycles. The van der Waals surface area contributed by atoms with Gasteiger partial charge in [-0.3, -0.25) is 0 Å². The van der Waals surface area contributed by atoms with Gasteiger partial charge in [-0.15, -0.1) is 0 Å². The van der Waals surface area contributed by atoms with Crippen molar-refractivity contribution in [1.29, 1.82) is 0 Å². The van der Waals surface area contributed by atoms with Gasteiger partial charge in [-0.1, -0.05) is 44.7 Å². The van der Waals surface area contributed by atoms with Crippen molar-refractivity contribution < 1.29 is 0 Å². The smallest absolute Gasteiger partial charge is 0.0400 e. The highest BCUT2D eigenvalue weighted by molar-refractivity contribution is 5.29. The molecule has 0 fully saturated rings. The van der Waals surface area contributed by atoms with Gasteiger partial charge >= 0.3 is 0 Å². The van der Waals surface area contributed by atoms with E-state index < -0.39 is 0 Å². The summed E-state index contributed by atoms with van der Waals surface area (Å²) in [6.07, 6.45) is 9.26. The van der Waals surface area contributed by atoms with E-state index in [0.29, 0.717) is 5.92 Å². The Morgan fingerprint density at radius 3 is 2.40 bits per heavy atom. The molecule has 1 heteroatoms. The molecule has 0 aliphatic carbocycles. The number of nitrogens with one attached hydrogen (secondary N) is 1. The lowest BCUT2D eigenvalue weighted by molar-refractivity contribution is 0.368. The first-order valence-electron chi connectivity index (χ1n) is 5.64. The fraction of sp³-hybridized carbons (Fsp3) is 0.571. The predicted octanol–water partition coefficient (Wildman–Crippen LogP) is 3.70. The van der Waals surface area contributed by atoms with E-state index >= 15 is 0 Å². The first kappa shape index (κ1) is 14.2. The third kappa shape index (κ3) is 4.98.